The van der Waals surface area contributed by atoms with Crippen LogP contribution < -0.4 is 4.90 Å². The second kappa shape index (κ2) is 7.18. The Morgan fingerprint density at radius 1 is 1.41 bits per heavy atom. The Morgan fingerprint density at radius 3 is 2.74 bits per heavy atom. The van der Waals surface area contributed by atoms with Gasteiger partial charge >= 0.3 is 6.18 Å². The van der Waals surface area contributed by atoms with Crippen LogP contribution in [0.25, 0.3) is 0 Å². The third-order valence-corrected chi connectivity index (χ3v) is 4.87. The number of benzene rings is 1. The van der Waals surface area contributed by atoms with Crippen LogP contribution in [0.4, 0.5) is 24.5 Å². The number of aromatic nitrogens is 2. The van der Waals surface area contributed by atoms with E-state index in [9.17, 15) is 28.4 Å². The number of anilines is 1. The Bertz CT molecular complexity index is 837. The summed E-state index contributed by atoms with van der Waals surface area (Å²) in [6, 6.07) is 2.55. The lowest BCUT2D eigenvalue weighted by Gasteiger charge is -2.36. The highest BCUT2D eigenvalue weighted by molar-refractivity contribution is 5.65. The lowest BCUT2D eigenvalue weighted by atomic mass is 9.91. The molecule has 1 aliphatic rings. The van der Waals surface area contributed by atoms with E-state index in [1.165, 1.54) is 0 Å². The van der Waals surface area contributed by atoms with Crippen LogP contribution in [0.5, 0.6) is 0 Å². The fourth-order valence-electron chi connectivity index (χ4n) is 3.47. The zero-order chi connectivity index (χ0) is 19.8. The van der Waals surface area contributed by atoms with E-state index in [1.807, 2.05) is 0 Å². The fourth-order valence-corrected chi connectivity index (χ4v) is 3.47. The lowest BCUT2D eigenvalue weighted by Crippen LogP contribution is -2.38. The van der Waals surface area contributed by atoms with E-state index in [4.69, 9.17) is 0 Å². The average Bonchev–Trinajstić information content (AvgIpc) is 3.05. The van der Waals surface area contributed by atoms with Crippen LogP contribution in [0.1, 0.15) is 30.3 Å². The molecule has 2 atom stereocenters. The Hall–Kier alpha value is -2.62. The van der Waals surface area contributed by atoms with E-state index >= 15 is 0 Å². The normalized spacial score (nSPS) is 19.1. The standard InChI is InChI=1S/C17H19F3N4O3/c1-22-8-6-21-16(22)15(25)11-3-2-7-23(10-11)13-5-4-12(17(18,19)20)9-14(13)24(26)27/h4-6,8-9,11,15,25H,2-3,7,10H2,1H3. The highest BCUT2D eigenvalue weighted by atomic mass is 19.4. The molecule has 27 heavy (non-hydrogen) atoms. The molecule has 0 saturated carbocycles. The van der Waals surface area contributed by atoms with Gasteiger partial charge in [0.1, 0.15) is 17.6 Å². The zero-order valence-corrected chi connectivity index (χ0v) is 14.6. The first-order valence-corrected chi connectivity index (χ1v) is 8.44. The van der Waals surface area contributed by atoms with Gasteiger partial charge in [0.15, 0.2) is 0 Å². The number of nitrogens with zero attached hydrogens (tertiary/aromatic N) is 4. The van der Waals surface area contributed by atoms with Crippen molar-refractivity contribution in [2.24, 2.45) is 13.0 Å². The number of rotatable bonds is 4. The summed E-state index contributed by atoms with van der Waals surface area (Å²) in [5.41, 5.74) is -1.51. The number of aliphatic hydroxyl groups is 1. The van der Waals surface area contributed by atoms with Gasteiger partial charge in [-0.1, -0.05) is 0 Å². The van der Waals surface area contributed by atoms with Gasteiger partial charge in [-0.2, -0.15) is 13.2 Å². The molecular weight excluding hydrogens is 365 g/mol. The lowest BCUT2D eigenvalue weighted by molar-refractivity contribution is -0.384. The number of halogens is 3. The summed E-state index contributed by atoms with van der Waals surface area (Å²) in [6.07, 6.45) is -0.883. The summed E-state index contributed by atoms with van der Waals surface area (Å²) in [6.45, 7) is 0.760. The summed E-state index contributed by atoms with van der Waals surface area (Å²) in [4.78, 5) is 16.3. The van der Waals surface area contributed by atoms with Gasteiger partial charge in [-0.3, -0.25) is 10.1 Å². The van der Waals surface area contributed by atoms with E-state index in [1.54, 1.807) is 28.9 Å². The van der Waals surface area contributed by atoms with E-state index < -0.39 is 28.5 Å². The zero-order valence-electron chi connectivity index (χ0n) is 14.6. The van der Waals surface area contributed by atoms with Crippen LogP contribution in [0.2, 0.25) is 0 Å². The minimum Gasteiger partial charge on any atom is -0.385 e. The van der Waals surface area contributed by atoms with Crippen molar-refractivity contribution < 1.29 is 23.2 Å². The SMILES string of the molecule is Cn1ccnc1C(O)C1CCCN(c2ccc(C(F)(F)F)cc2[N+](=O)[O-])C1. The molecule has 0 radical (unpaired) electrons. The number of nitro benzene ring substituents is 1. The minimum absolute atomic E-state index is 0.129. The van der Waals surface area contributed by atoms with Crippen molar-refractivity contribution in [3.8, 4) is 0 Å². The average molecular weight is 384 g/mol. The molecule has 3 rings (SSSR count). The number of imidazole rings is 1. The van der Waals surface area contributed by atoms with Crippen molar-refractivity contribution in [3.05, 3.63) is 52.1 Å². The van der Waals surface area contributed by atoms with Gasteiger partial charge in [-0.15, -0.1) is 0 Å². The molecule has 1 aromatic carbocycles. The van der Waals surface area contributed by atoms with Gasteiger partial charge in [0, 0.05) is 44.5 Å². The molecule has 1 fully saturated rings. The molecule has 0 bridgehead atoms. The van der Waals surface area contributed by atoms with E-state index in [0.717, 1.165) is 12.1 Å². The van der Waals surface area contributed by atoms with Gasteiger partial charge in [0.05, 0.1) is 10.5 Å². The summed E-state index contributed by atoms with van der Waals surface area (Å²) in [7, 11) is 1.76. The van der Waals surface area contributed by atoms with Crippen LogP contribution in [0, 0.1) is 16.0 Å². The van der Waals surface area contributed by atoms with Crippen molar-refractivity contribution in [2.45, 2.75) is 25.1 Å². The highest BCUT2D eigenvalue weighted by Crippen LogP contribution is 2.39. The number of alkyl halides is 3. The van der Waals surface area contributed by atoms with Crippen LogP contribution >= 0.6 is 0 Å². The topological polar surface area (TPSA) is 84.4 Å². The summed E-state index contributed by atoms with van der Waals surface area (Å²) < 4.78 is 40.4. The molecule has 2 unspecified atom stereocenters. The molecule has 1 aromatic heterocycles. The third-order valence-electron chi connectivity index (χ3n) is 4.87. The minimum atomic E-state index is -4.65. The maximum atomic E-state index is 12.9. The van der Waals surface area contributed by atoms with Crippen LogP contribution in [0.3, 0.4) is 0 Å². The van der Waals surface area contributed by atoms with Crippen molar-refractivity contribution in [3.63, 3.8) is 0 Å². The van der Waals surface area contributed by atoms with Crippen molar-refractivity contribution in [2.75, 3.05) is 18.0 Å². The van der Waals surface area contributed by atoms with Crippen LogP contribution in [0.15, 0.2) is 30.6 Å². The summed E-state index contributed by atoms with van der Waals surface area (Å²) in [5.74, 6) is 0.255. The Balaban J connectivity index is 1.87. The van der Waals surface area contributed by atoms with Gasteiger partial charge in [0.25, 0.3) is 5.69 Å². The van der Waals surface area contributed by atoms with Gasteiger partial charge in [-0.25, -0.2) is 4.98 Å². The van der Waals surface area contributed by atoms with Crippen molar-refractivity contribution in [1.82, 2.24) is 9.55 Å². The summed E-state index contributed by atoms with van der Waals surface area (Å²) in [5, 5.41) is 22.0. The molecule has 146 valence electrons. The van der Waals surface area contributed by atoms with E-state index in [-0.39, 0.29) is 11.6 Å². The van der Waals surface area contributed by atoms with E-state index in [0.29, 0.717) is 37.8 Å². The number of hydrogen-bond acceptors (Lipinski definition) is 5. The second-order valence-electron chi connectivity index (χ2n) is 6.65. The number of piperidine rings is 1. The summed E-state index contributed by atoms with van der Waals surface area (Å²) >= 11 is 0. The third kappa shape index (κ3) is 3.90. The molecular formula is C17H19F3N4O3. The van der Waals surface area contributed by atoms with Crippen molar-refractivity contribution >= 4 is 11.4 Å². The predicted octanol–water partition coefficient (Wildman–Crippen LogP) is 3.30. The molecule has 2 heterocycles. The van der Waals surface area contributed by atoms with Crippen molar-refractivity contribution in [1.29, 1.82) is 0 Å². The number of nitro groups is 1. The second-order valence-corrected chi connectivity index (χ2v) is 6.65. The number of aryl methyl sites for hydroxylation is 1. The Labute approximate surface area is 153 Å². The quantitative estimate of drug-likeness (QED) is 0.646. The molecule has 0 aliphatic carbocycles. The first kappa shape index (κ1) is 19.2. The highest BCUT2D eigenvalue weighted by Gasteiger charge is 2.35. The van der Waals surface area contributed by atoms with Gasteiger partial charge in [0.2, 0.25) is 0 Å². The number of hydrogen-bond donors (Lipinski definition) is 1. The first-order valence-electron chi connectivity index (χ1n) is 8.44. The predicted molar refractivity (Wildman–Crippen MR) is 91.2 cm³/mol. The molecule has 10 heteroatoms. The smallest absolute Gasteiger partial charge is 0.385 e. The van der Waals surface area contributed by atoms with Crippen LogP contribution in [-0.2, 0) is 13.2 Å². The van der Waals surface area contributed by atoms with Gasteiger partial charge in [-0.05, 0) is 25.0 Å². The number of aliphatic hydroxyl groups excluding tert-OH is 1. The first-order chi connectivity index (χ1) is 12.7. The largest absolute Gasteiger partial charge is 0.416 e. The molecule has 7 nitrogen and oxygen atoms in total. The molecule has 0 spiro atoms. The fraction of sp³-hybridized carbons (Fsp3) is 0.471. The molecule has 2 aromatic rings. The molecule has 1 aliphatic heterocycles. The Morgan fingerprint density at radius 2 is 2.15 bits per heavy atom. The Kier molecular flexibility index (Phi) is 5.09. The van der Waals surface area contributed by atoms with Gasteiger partial charge < -0.3 is 14.6 Å². The van der Waals surface area contributed by atoms with Crippen LogP contribution in [-0.4, -0.2) is 32.7 Å². The molecule has 1 saturated heterocycles. The van der Waals surface area contributed by atoms with E-state index in [2.05, 4.69) is 4.98 Å². The maximum Gasteiger partial charge on any atom is 0.416 e. The monoisotopic (exact) mass is 384 g/mol. The molecule has 1 N–H and O–H groups in total. The maximum absolute atomic E-state index is 12.9. The molecule has 0 amide bonds.